The summed E-state index contributed by atoms with van der Waals surface area (Å²) in [5.74, 6) is 0.362. The van der Waals surface area contributed by atoms with Crippen molar-refractivity contribution in [1.82, 2.24) is 15.5 Å². The van der Waals surface area contributed by atoms with Crippen molar-refractivity contribution in [2.75, 3.05) is 27.2 Å². The smallest absolute Gasteiger partial charge is 0.243 e. The highest BCUT2D eigenvalue weighted by atomic mass is 79.9. The fraction of sp³-hybridized carbons (Fsp3) is 0.556. The van der Waals surface area contributed by atoms with Gasteiger partial charge in [-0.15, -0.1) is 0 Å². The van der Waals surface area contributed by atoms with Gasteiger partial charge in [0.1, 0.15) is 12.4 Å². The van der Waals surface area contributed by atoms with Crippen LogP contribution < -0.4 is 10.6 Å². The molecule has 1 atom stereocenters. The molecule has 0 saturated heterocycles. The number of nitrogens with one attached hydrogen (secondary N) is 2. The van der Waals surface area contributed by atoms with Gasteiger partial charge >= 0.3 is 0 Å². The third kappa shape index (κ3) is 8.34. The highest BCUT2D eigenvalue weighted by Gasteiger charge is 2.07. The molecule has 0 fully saturated rings. The summed E-state index contributed by atoms with van der Waals surface area (Å²) in [4.78, 5) is 17.5. The summed E-state index contributed by atoms with van der Waals surface area (Å²) < 4.78 is 14.6. The molecule has 5 nitrogen and oxygen atoms in total. The Morgan fingerprint density at radius 1 is 1.40 bits per heavy atom. The van der Waals surface area contributed by atoms with Crippen molar-refractivity contribution in [2.45, 2.75) is 39.2 Å². The van der Waals surface area contributed by atoms with Gasteiger partial charge in [-0.1, -0.05) is 28.9 Å². The Labute approximate surface area is 158 Å². The fourth-order valence-electron chi connectivity index (χ4n) is 1.99. The summed E-state index contributed by atoms with van der Waals surface area (Å²) in [5, 5.41) is 6.48. The molecule has 0 aromatic heterocycles. The van der Waals surface area contributed by atoms with E-state index in [2.05, 4.69) is 45.4 Å². The summed E-state index contributed by atoms with van der Waals surface area (Å²) in [6.07, 6.45) is 2.35. The van der Waals surface area contributed by atoms with Gasteiger partial charge in [-0.25, -0.2) is 9.38 Å². The number of aliphatic imine (C=N–C) groups is 1. The van der Waals surface area contributed by atoms with Crippen molar-refractivity contribution < 1.29 is 9.18 Å². The molecular weight excluding hydrogens is 387 g/mol. The number of guanidine groups is 1. The van der Waals surface area contributed by atoms with Gasteiger partial charge in [-0.3, -0.25) is 4.79 Å². The maximum atomic E-state index is 13.8. The molecule has 0 aliphatic carbocycles. The zero-order valence-electron chi connectivity index (χ0n) is 15.4. The number of carbonyl (C=O) groups is 1. The van der Waals surface area contributed by atoms with Crippen LogP contribution in [0.2, 0.25) is 0 Å². The minimum Gasteiger partial charge on any atom is -0.356 e. The second-order valence-corrected chi connectivity index (χ2v) is 7.09. The van der Waals surface area contributed by atoms with Gasteiger partial charge in [0.2, 0.25) is 5.91 Å². The fourth-order valence-corrected chi connectivity index (χ4v) is 2.32. The number of carbonyl (C=O) groups excluding carboxylic acids is 1. The summed E-state index contributed by atoms with van der Waals surface area (Å²) >= 11 is 3.26. The van der Waals surface area contributed by atoms with Crippen LogP contribution >= 0.6 is 15.9 Å². The Morgan fingerprint density at radius 2 is 2.12 bits per heavy atom. The monoisotopic (exact) mass is 414 g/mol. The Bertz CT molecular complexity index is 592. The number of hydrogen-bond donors (Lipinski definition) is 2. The van der Waals surface area contributed by atoms with Gasteiger partial charge in [0, 0.05) is 31.2 Å². The molecule has 0 saturated carbocycles. The number of rotatable bonds is 8. The molecule has 0 aliphatic heterocycles. The molecule has 0 aliphatic rings. The largest absolute Gasteiger partial charge is 0.356 e. The summed E-state index contributed by atoms with van der Waals surface area (Å²) in [6.45, 7) is 4.88. The molecule has 1 rings (SSSR count). The molecule has 0 spiro atoms. The zero-order chi connectivity index (χ0) is 18.8. The van der Waals surface area contributed by atoms with Crippen LogP contribution in [0.15, 0.2) is 27.7 Å². The molecule has 140 valence electrons. The highest BCUT2D eigenvalue weighted by molar-refractivity contribution is 9.10. The van der Waals surface area contributed by atoms with Gasteiger partial charge in [-0.2, -0.15) is 0 Å². The molecule has 1 unspecified atom stereocenters. The number of likely N-dealkylation sites (N-methyl/N-ethyl adjacent to an activating group) is 1. The topological polar surface area (TPSA) is 56.7 Å². The first-order valence-corrected chi connectivity index (χ1v) is 9.31. The summed E-state index contributed by atoms with van der Waals surface area (Å²) in [5.41, 5.74) is 0.696. The Balaban J connectivity index is 2.53. The lowest BCUT2D eigenvalue weighted by Gasteiger charge is -2.17. The van der Waals surface area contributed by atoms with Crippen molar-refractivity contribution in [3.8, 4) is 0 Å². The van der Waals surface area contributed by atoms with E-state index in [9.17, 15) is 9.18 Å². The van der Waals surface area contributed by atoms with Crippen molar-refractivity contribution in [3.63, 3.8) is 0 Å². The van der Waals surface area contributed by atoms with E-state index >= 15 is 0 Å². The number of nitrogens with zero attached hydrogens (tertiary/aromatic N) is 2. The summed E-state index contributed by atoms with van der Waals surface area (Å²) in [7, 11) is 3.42. The van der Waals surface area contributed by atoms with Crippen LogP contribution in [0.1, 0.15) is 32.3 Å². The van der Waals surface area contributed by atoms with E-state index in [1.165, 1.54) is 11.0 Å². The van der Waals surface area contributed by atoms with Gasteiger partial charge in [-0.05, 0) is 43.9 Å². The third-order valence-electron chi connectivity index (χ3n) is 3.80. The van der Waals surface area contributed by atoms with Gasteiger partial charge < -0.3 is 15.5 Å². The second-order valence-electron chi connectivity index (χ2n) is 6.17. The first-order valence-electron chi connectivity index (χ1n) is 8.52. The van der Waals surface area contributed by atoms with E-state index in [1.807, 2.05) is 6.07 Å². The lowest BCUT2D eigenvalue weighted by atomic mass is 10.1. The van der Waals surface area contributed by atoms with Crippen LogP contribution in [0.3, 0.4) is 0 Å². The lowest BCUT2D eigenvalue weighted by molar-refractivity contribution is -0.127. The van der Waals surface area contributed by atoms with E-state index in [0.29, 0.717) is 24.5 Å². The molecule has 0 radical (unpaired) electrons. The Morgan fingerprint density at radius 3 is 2.72 bits per heavy atom. The molecule has 2 N–H and O–H groups in total. The van der Waals surface area contributed by atoms with Crippen LogP contribution in [-0.2, 0) is 11.2 Å². The highest BCUT2D eigenvalue weighted by Crippen LogP contribution is 2.16. The summed E-state index contributed by atoms with van der Waals surface area (Å²) in [6, 6.07) is 5.37. The van der Waals surface area contributed by atoms with Crippen molar-refractivity contribution in [1.29, 1.82) is 0 Å². The second kappa shape index (κ2) is 11.1. The molecule has 7 heteroatoms. The molecule has 1 amide bonds. The molecule has 0 heterocycles. The standard InChI is InChI=1S/C18H28BrFN4O/c1-5-13(2)23-18(22-12-17(25)24(3)4)21-10-6-7-14-8-9-15(19)11-16(14)20/h8-9,11,13H,5-7,10,12H2,1-4H3,(H2,21,22,23). The first-order chi connectivity index (χ1) is 11.8. The minimum absolute atomic E-state index is 0.0535. The third-order valence-corrected chi connectivity index (χ3v) is 4.29. The van der Waals surface area contributed by atoms with Crippen LogP contribution in [0.4, 0.5) is 4.39 Å². The predicted octanol–water partition coefficient (Wildman–Crippen LogP) is 2.94. The molecule has 1 aromatic rings. The van der Waals surface area contributed by atoms with Gasteiger partial charge in [0.15, 0.2) is 5.96 Å². The quantitative estimate of drug-likeness (QED) is 0.390. The maximum Gasteiger partial charge on any atom is 0.243 e. The Hall–Kier alpha value is -1.63. The van der Waals surface area contributed by atoms with Crippen molar-refractivity contribution in [2.24, 2.45) is 4.99 Å². The molecule has 25 heavy (non-hydrogen) atoms. The van der Waals surface area contributed by atoms with Crippen LogP contribution in [0, 0.1) is 5.82 Å². The van der Waals surface area contributed by atoms with Crippen LogP contribution in [0.5, 0.6) is 0 Å². The van der Waals surface area contributed by atoms with Crippen molar-refractivity contribution >= 4 is 27.8 Å². The van der Waals surface area contributed by atoms with E-state index in [4.69, 9.17) is 0 Å². The Kier molecular flexibility index (Phi) is 9.49. The number of hydrogen-bond acceptors (Lipinski definition) is 2. The number of benzene rings is 1. The number of aryl methyl sites for hydroxylation is 1. The van der Waals surface area contributed by atoms with Gasteiger partial charge in [0.25, 0.3) is 0 Å². The average molecular weight is 415 g/mol. The molecular formula is C18H28BrFN4O. The van der Waals surface area contributed by atoms with Gasteiger partial charge in [0.05, 0.1) is 0 Å². The SMILES string of the molecule is CCC(C)NC(=NCC(=O)N(C)C)NCCCc1ccc(Br)cc1F. The lowest BCUT2D eigenvalue weighted by Crippen LogP contribution is -2.43. The first kappa shape index (κ1) is 21.4. The molecule has 1 aromatic carbocycles. The van der Waals surface area contributed by atoms with Crippen LogP contribution in [0.25, 0.3) is 0 Å². The number of halogens is 2. The van der Waals surface area contributed by atoms with E-state index in [1.54, 1.807) is 20.2 Å². The maximum absolute atomic E-state index is 13.8. The van der Waals surface area contributed by atoms with Crippen molar-refractivity contribution in [3.05, 3.63) is 34.1 Å². The van der Waals surface area contributed by atoms with E-state index < -0.39 is 0 Å². The van der Waals surface area contributed by atoms with E-state index in [-0.39, 0.29) is 24.3 Å². The zero-order valence-corrected chi connectivity index (χ0v) is 17.0. The predicted molar refractivity (Wildman–Crippen MR) is 104 cm³/mol. The minimum atomic E-state index is -0.197. The normalized spacial score (nSPS) is 12.6. The van der Waals surface area contributed by atoms with E-state index in [0.717, 1.165) is 17.3 Å². The number of amides is 1. The van der Waals surface area contributed by atoms with Crippen LogP contribution in [-0.4, -0.2) is 50.0 Å². The molecule has 0 bridgehead atoms. The average Bonchev–Trinajstić information content (AvgIpc) is 2.57.